The highest BCUT2D eigenvalue weighted by Crippen LogP contribution is 2.44. The second kappa shape index (κ2) is 3.46. The molecule has 2 unspecified atom stereocenters. The summed E-state index contributed by atoms with van der Waals surface area (Å²) in [4.78, 5) is 2.40. The molecule has 2 saturated heterocycles. The number of aryl methyl sites for hydroxylation is 1. The molecule has 2 aliphatic rings. The number of halogens is 1. The van der Waals surface area contributed by atoms with E-state index in [0.717, 1.165) is 30.2 Å². The Balaban J connectivity index is 2.00. The molecule has 16 heavy (non-hydrogen) atoms. The molecule has 2 atom stereocenters. The topological polar surface area (TPSA) is 12.5 Å². The van der Waals surface area contributed by atoms with E-state index in [0.29, 0.717) is 6.04 Å². The fourth-order valence-electron chi connectivity index (χ4n) is 2.90. The van der Waals surface area contributed by atoms with Gasteiger partial charge in [0.1, 0.15) is 5.60 Å². The molecule has 0 radical (unpaired) electrons. The van der Waals surface area contributed by atoms with Gasteiger partial charge in [-0.3, -0.25) is 4.90 Å². The fourth-order valence-corrected chi connectivity index (χ4v) is 3.02. The molecule has 0 aliphatic carbocycles. The minimum Gasteiger partial charge on any atom is -0.367 e. The van der Waals surface area contributed by atoms with E-state index in [2.05, 4.69) is 24.1 Å². The van der Waals surface area contributed by atoms with Crippen LogP contribution in [0.5, 0.6) is 0 Å². The van der Waals surface area contributed by atoms with Gasteiger partial charge in [-0.2, -0.15) is 0 Å². The average Bonchev–Trinajstić information content (AvgIpc) is 2.80. The van der Waals surface area contributed by atoms with E-state index in [1.807, 2.05) is 13.0 Å². The van der Waals surface area contributed by atoms with E-state index < -0.39 is 0 Å². The summed E-state index contributed by atoms with van der Waals surface area (Å²) in [6, 6.07) is 6.85. The Morgan fingerprint density at radius 3 is 2.88 bits per heavy atom. The maximum Gasteiger partial charge on any atom is 0.107 e. The van der Waals surface area contributed by atoms with E-state index in [-0.39, 0.29) is 5.60 Å². The van der Waals surface area contributed by atoms with Crippen molar-refractivity contribution in [1.82, 2.24) is 4.90 Å². The number of hydrogen-bond donors (Lipinski definition) is 0. The zero-order valence-corrected chi connectivity index (χ0v) is 10.4. The SMILES string of the molecule is Cc1cc(C23CC(CO2)N(C)C3)ccc1Cl. The van der Waals surface area contributed by atoms with Crippen LogP contribution in [0.25, 0.3) is 0 Å². The number of morpholine rings is 1. The average molecular weight is 238 g/mol. The molecule has 2 nitrogen and oxygen atoms in total. The predicted octanol–water partition coefficient (Wildman–Crippen LogP) is 2.58. The number of likely N-dealkylation sites (tertiary alicyclic amines) is 1. The second-order valence-electron chi connectivity index (χ2n) is 5.04. The van der Waals surface area contributed by atoms with Crippen LogP contribution >= 0.6 is 11.6 Å². The summed E-state index contributed by atoms with van der Waals surface area (Å²) < 4.78 is 6.01. The van der Waals surface area contributed by atoms with Crippen LogP contribution < -0.4 is 0 Å². The third-order valence-electron chi connectivity index (χ3n) is 3.93. The van der Waals surface area contributed by atoms with Gasteiger partial charge in [-0.1, -0.05) is 23.7 Å². The maximum atomic E-state index is 6.06. The van der Waals surface area contributed by atoms with Crippen molar-refractivity contribution in [3.63, 3.8) is 0 Å². The van der Waals surface area contributed by atoms with Crippen LogP contribution in [-0.4, -0.2) is 31.1 Å². The monoisotopic (exact) mass is 237 g/mol. The number of hydrogen-bond acceptors (Lipinski definition) is 2. The Morgan fingerprint density at radius 2 is 2.31 bits per heavy atom. The van der Waals surface area contributed by atoms with Crippen LogP contribution in [0.3, 0.4) is 0 Å². The zero-order valence-electron chi connectivity index (χ0n) is 9.66. The van der Waals surface area contributed by atoms with Crippen LogP contribution in [0, 0.1) is 6.92 Å². The zero-order chi connectivity index (χ0) is 11.3. The second-order valence-corrected chi connectivity index (χ2v) is 5.45. The molecule has 1 aromatic carbocycles. The first-order valence-corrected chi connectivity index (χ1v) is 6.09. The minimum atomic E-state index is -0.0746. The third-order valence-corrected chi connectivity index (χ3v) is 4.35. The number of nitrogens with zero attached hydrogens (tertiary/aromatic N) is 1. The number of fused-ring (bicyclic) bond motifs is 2. The molecule has 2 bridgehead atoms. The molecule has 0 spiro atoms. The first kappa shape index (κ1) is 10.6. The molecular weight excluding hydrogens is 222 g/mol. The van der Waals surface area contributed by atoms with E-state index in [9.17, 15) is 0 Å². The van der Waals surface area contributed by atoms with E-state index in [1.165, 1.54) is 5.56 Å². The van der Waals surface area contributed by atoms with Crippen molar-refractivity contribution < 1.29 is 4.74 Å². The minimum absolute atomic E-state index is 0.0746. The summed E-state index contributed by atoms with van der Waals surface area (Å²) in [7, 11) is 2.18. The number of likely N-dealkylation sites (N-methyl/N-ethyl adjacent to an activating group) is 1. The van der Waals surface area contributed by atoms with Crippen LogP contribution in [0.2, 0.25) is 5.02 Å². The summed E-state index contributed by atoms with van der Waals surface area (Å²) in [5, 5.41) is 0.834. The molecule has 0 saturated carbocycles. The van der Waals surface area contributed by atoms with Crippen LogP contribution in [-0.2, 0) is 10.3 Å². The van der Waals surface area contributed by atoms with Crippen LogP contribution in [0.1, 0.15) is 17.5 Å². The van der Waals surface area contributed by atoms with Gasteiger partial charge in [-0.05, 0) is 37.6 Å². The highest BCUT2D eigenvalue weighted by molar-refractivity contribution is 6.31. The first-order chi connectivity index (χ1) is 7.61. The summed E-state index contributed by atoms with van der Waals surface area (Å²) >= 11 is 6.06. The van der Waals surface area contributed by atoms with Gasteiger partial charge in [-0.25, -0.2) is 0 Å². The quantitative estimate of drug-likeness (QED) is 0.745. The van der Waals surface area contributed by atoms with Gasteiger partial charge in [0.2, 0.25) is 0 Å². The Labute approximate surface area is 101 Å². The lowest BCUT2D eigenvalue weighted by Crippen LogP contribution is -2.38. The lowest BCUT2D eigenvalue weighted by Gasteiger charge is -2.31. The summed E-state index contributed by atoms with van der Waals surface area (Å²) in [5.74, 6) is 0. The van der Waals surface area contributed by atoms with Gasteiger partial charge >= 0.3 is 0 Å². The molecule has 2 fully saturated rings. The van der Waals surface area contributed by atoms with Crippen molar-refractivity contribution in [2.75, 3.05) is 20.2 Å². The molecule has 2 aliphatic heterocycles. The Bertz CT molecular complexity index is 430. The van der Waals surface area contributed by atoms with Crippen molar-refractivity contribution in [2.24, 2.45) is 0 Å². The Hall–Kier alpha value is -0.570. The Morgan fingerprint density at radius 1 is 1.50 bits per heavy atom. The van der Waals surface area contributed by atoms with Gasteiger partial charge in [0.15, 0.2) is 0 Å². The molecule has 3 heteroatoms. The van der Waals surface area contributed by atoms with Crippen molar-refractivity contribution in [3.8, 4) is 0 Å². The first-order valence-electron chi connectivity index (χ1n) is 5.72. The molecule has 0 N–H and O–H groups in total. The van der Waals surface area contributed by atoms with Crippen molar-refractivity contribution in [3.05, 3.63) is 34.3 Å². The predicted molar refractivity (Wildman–Crippen MR) is 64.9 cm³/mol. The largest absolute Gasteiger partial charge is 0.367 e. The Kier molecular flexibility index (Phi) is 2.29. The number of ether oxygens (including phenoxy) is 1. The number of benzene rings is 1. The molecular formula is C13H16ClNO. The van der Waals surface area contributed by atoms with E-state index in [4.69, 9.17) is 16.3 Å². The van der Waals surface area contributed by atoms with Gasteiger partial charge < -0.3 is 4.74 Å². The van der Waals surface area contributed by atoms with E-state index in [1.54, 1.807) is 0 Å². The maximum absolute atomic E-state index is 6.06. The van der Waals surface area contributed by atoms with Gasteiger partial charge in [0.05, 0.1) is 6.61 Å². The van der Waals surface area contributed by atoms with Crippen molar-refractivity contribution in [1.29, 1.82) is 0 Å². The van der Waals surface area contributed by atoms with Gasteiger partial charge in [0.25, 0.3) is 0 Å². The standard InChI is InChI=1S/C13H16ClNO/c1-9-5-10(3-4-12(9)14)13-6-11(7-16-13)15(2)8-13/h3-5,11H,6-8H2,1-2H3. The highest BCUT2D eigenvalue weighted by Gasteiger charge is 2.50. The van der Waals surface area contributed by atoms with Gasteiger partial charge in [0, 0.05) is 17.6 Å². The van der Waals surface area contributed by atoms with E-state index >= 15 is 0 Å². The molecule has 3 rings (SSSR count). The molecule has 2 heterocycles. The summed E-state index contributed by atoms with van der Waals surface area (Å²) in [6.45, 7) is 3.91. The van der Waals surface area contributed by atoms with Crippen LogP contribution in [0.15, 0.2) is 18.2 Å². The molecule has 0 amide bonds. The molecule has 1 aromatic rings. The number of rotatable bonds is 1. The fraction of sp³-hybridized carbons (Fsp3) is 0.538. The summed E-state index contributed by atoms with van der Waals surface area (Å²) in [5.41, 5.74) is 2.34. The smallest absolute Gasteiger partial charge is 0.107 e. The third kappa shape index (κ3) is 1.41. The van der Waals surface area contributed by atoms with Crippen molar-refractivity contribution in [2.45, 2.75) is 25.0 Å². The normalized spacial score (nSPS) is 33.6. The lowest BCUT2D eigenvalue weighted by atomic mass is 9.92. The van der Waals surface area contributed by atoms with Crippen molar-refractivity contribution >= 4 is 11.6 Å². The summed E-state index contributed by atoms with van der Waals surface area (Å²) in [6.07, 6.45) is 1.12. The van der Waals surface area contributed by atoms with Gasteiger partial charge in [-0.15, -0.1) is 0 Å². The van der Waals surface area contributed by atoms with Crippen LogP contribution in [0.4, 0.5) is 0 Å². The molecule has 0 aromatic heterocycles. The lowest BCUT2D eigenvalue weighted by molar-refractivity contribution is -0.0423. The molecule has 86 valence electrons. The highest BCUT2D eigenvalue weighted by atomic mass is 35.5.